The molecule has 3 N–H and O–H groups in total. The predicted octanol–water partition coefficient (Wildman–Crippen LogP) is 7.21. The lowest BCUT2D eigenvalue weighted by atomic mass is 9.89. The SMILES string of the molecule is NCCCC[C@H](CC(=O)[C@@H]1C[C@@H](OC/C=C/c2ccc(Cl)cc2)CN1C(=O)[C@@H](CCc1ccccc1)NC(=O)OCC1CC1)C(=O)c1nc2ccccc2o1. The number of nitrogens with zero attached hydrogens (tertiary/aromatic N) is 2. The average molecular weight is 769 g/mol. The number of unbranched alkanes of at least 4 members (excludes halogenated alkanes) is 1. The van der Waals surface area contributed by atoms with E-state index in [0.29, 0.717) is 67.3 Å². The van der Waals surface area contributed by atoms with Crippen LogP contribution >= 0.6 is 11.6 Å². The summed E-state index contributed by atoms with van der Waals surface area (Å²) >= 11 is 6.03. The summed E-state index contributed by atoms with van der Waals surface area (Å²) in [5, 5.41) is 3.45. The van der Waals surface area contributed by atoms with Gasteiger partial charge in [-0.2, -0.15) is 0 Å². The Labute approximate surface area is 326 Å². The molecule has 0 unspecified atom stereocenters. The molecule has 12 heteroatoms. The highest BCUT2D eigenvalue weighted by Gasteiger charge is 2.43. The van der Waals surface area contributed by atoms with Gasteiger partial charge in [0.05, 0.1) is 25.4 Å². The van der Waals surface area contributed by atoms with Crippen molar-refractivity contribution in [1.82, 2.24) is 15.2 Å². The number of hydrogen-bond donors (Lipinski definition) is 2. The highest BCUT2D eigenvalue weighted by Crippen LogP contribution is 2.30. The summed E-state index contributed by atoms with van der Waals surface area (Å²) in [6.07, 6.45) is 7.35. The Bertz CT molecular complexity index is 1890. The number of nitrogens with two attached hydrogens (primary N) is 1. The molecule has 3 aromatic carbocycles. The zero-order valence-electron chi connectivity index (χ0n) is 30.9. The molecule has 55 heavy (non-hydrogen) atoms. The van der Waals surface area contributed by atoms with Crippen LogP contribution in [0.5, 0.6) is 0 Å². The fraction of sp³-hybridized carbons (Fsp3) is 0.419. The van der Waals surface area contributed by atoms with Crippen LogP contribution in [0.15, 0.2) is 89.4 Å². The second-order valence-corrected chi connectivity index (χ2v) is 14.9. The maximum absolute atomic E-state index is 14.5. The van der Waals surface area contributed by atoms with Crippen molar-refractivity contribution in [2.24, 2.45) is 17.6 Å². The number of Topliss-reactive ketones (excluding diaryl/α,β-unsaturated/α-hetero) is 2. The van der Waals surface area contributed by atoms with Crippen LogP contribution in [0, 0.1) is 11.8 Å². The molecular weight excluding hydrogens is 720 g/mol. The lowest BCUT2D eigenvalue weighted by Crippen LogP contribution is -2.52. The number of halogens is 1. The van der Waals surface area contributed by atoms with E-state index in [1.165, 1.54) is 4.90 Å². The molecule has 2 heterocycles. The largest absolute Gasteiger partial charge is 0.449 e. The first kappa shape index (κ1) is 39.8. The van der Waals surface area contributed by atoms with Gasteiger partial charge >= 0.3 is 6.09 Å². The second kappa shape index (κ2) is 19.7. The minimum Gasteiger partial charge on any atom is -0.449 e. The first-order chi connectivity index (χ1) is 26.8. The topological polar surface area (TPSA) is 154 Å². The number of para-hydroxylation sites is 2. The van der Waals surface area contributed by atoms with Crippen LogP contribution < -0.4 is 11.1 Å². The van der Waals surface area contributed by atoms with Gasteiger partial charge in [-0.1, -0.05) is 84.8 Å². The fourth-order valence-corrected chi connectivity index (χ4v) is 7.01. The third kappa shape index (κ3) is 11.6. The van der Waals surface area contributed by atoms with E-state index < -0.39 is 36.1 Å². The highest BCUT2D eigenvalue weighted by molar-refractivity contribution is 6.30. The molecule has 0 radical (unpaired) electrons. The number of nitrogens with one attached hydrogen (secondary N) is 1. The number of hydrogen-bond acceptors (Lipinski definition) is 9. The number of benzene rings is 3. The molecule has 1 aliphatic carbocycles. The van der Waals surface area contributed by atoms with Gasteiger partial charge in [-0.05, 0) is 86.4 Å². The molecule has 2 amide bonds. The Morgan fingerprint density at radius 2 is 1.75 bits per heavy atom. The Morgan fingerprint density at radius 3 is 2.49 bits per heavy atom. The molecule has 11 nitrogen and oxygen atoms in total. The first-order valence-electron chi connectivity index (χ1n) is 19.2. The van der Waals surface area contributed by atoms with Crippen molar-refractivity contribution >= 4 is 52.3 Å². The number of aryl methyl sites for hydroxylation is 1. The summed E-state index contributed by atoms with van der Waals surface area (Å²) in [5.74, 6) is -1.45. The number of likely N-dealkylation sites (tertiary alicyclic amines) is 1. The van der Waals surface area contributed by atoms with Gasteiger partial charge in [0, 0.05) is 30.3 Å². The molecule has 0 spiro atoms. The molecule has 1 saturated carbocycles. The summed E-state index contributed by atoms with van der Waals surface area (Å²) < 4.78 is 17.5. The Hall–Kier alpha value is -4.84. The van der Waals surface area contributed by atoms with Crippen LogP contribution in [0.2, 0.25) is 5.02 Å². The lowest BCUT2D eigenvalue weighted by Gasteiger charge is -2.29. The van der Waals surface area contributed by atoms with Crippen molar-refractivity contribution in [3.63, 3.8) is 0 Å². The predicted molar refractivity (Wildman–Crippen MR) is 210 cm³/mol. The number of rotatable bonds is 20. The monoisotopic (exact) mass is 768 g/mol. The third-order valence-corrected chi connectivity index (χ3v) is 10.4. The van der Waals surface area contributed by atoms with E-state index in [0.717, 1.165) is 24.0 Å². The summed E-state index contributed by atoms with van der Waals surface area (Å²) in [5.41, 5.74) is 8.78. The number of carbonyl (C=O) groups is 4. The van der Waals surface area contributed by atoms with E-state index in [2.05, 4.69) is 10.3 Å². The molecule has 2 fully saturated rings. The van der Waals surface area contributed by atoms with E-state index in [1.54, 1.807) is 30.3 Å². The average Bonchev–Trinajstić information content (AvgIpc) is 3.77. The van der Waals surface area contributed by atoms with Gasteiger partial charge < -0.3 is 29.8 Å². The molecule has 0 bridgehead atoms. The van der Waals surface area contributed by atoms with E-state index in [4.69, 9.17) is 31.2 Å². The van der Waals surface area contributed by atoms with Gasteiger partial charge in [0.2, 0.25) is 11.7 Å². The minimum absolute atomic E-state index is 0.0466. The fourth-order valence-electron chi connectivity index (χ4n) is 6.88. The van der Waals surface area contributed by atoms with Gasteiger partial charge in [0.15, 0.2) is 11.4 Å². The summed E-state index contributed by atoms with van der Waals surface area (Å²) in [6.45, 7) is 1.14. The van der Waals surface area contributed by atoms with Crippen molar-refractivity contribution < 1.29 is 33.1 Å². The zero-order chi connectivity index (χ0) is 38.6. The third-order valence-electron chi connectivity index (χ3n) is 10.2. The van der Waals surface area contributed by atoms with E-state index in [9.17, 15) is 19.2 Å². The number of fused-ring (bicyclic) bond motifs is 1. The van der Waals surface area contributed by atoms with Crippen molar-refractivity contribution in [2.45, 2.75) is 76.0 Å². The summed E-state index contributed by atoms with van der Waals surface area (Å²) in [7, 11) is 0. The number of aromatic nitrogens is 1. The van der Waals surface area contributed by atoms with Gasteiger partial charge in [-0.25, -0.2) is 9.78 Å². The molecule has 6 rings (SSSR count). The van der Waals surface area contributed by atoms with Gasteiger partial charge in [-0.3, -0.25) is 14.4 Å². The number of carbonyl (C=O) groups excluding carboxylic acids is 4. The van der Waals surface area contributed by atoms with Crippen LogP contribution in [-0.2, 0) is 25.5 Å². The zero-order valence-corrected chi connectivity index (χ0v) is 31.7. The number of ether oxygens (including phenoxy) is 2. The Morgan fingerprint density at radius 1 is 0.982 bits per heavy atom. The Kier molecular flexibility index (Phi) is 14.2. The van der Waals surface area contributed by atoms with E-state index >= 15 is 0 Å². The van der Waals surface area contributed by atoms with Gasteiger partial charge in [-0.15, -0.1) is 0 Å². The number of alkyl carbamates (subject to hydrolysis) is 1. The van der Waals surface area contributed by atoms with Crippen LogP contribution in [-0.4, -0.2) is 77.9 Å². The number of amides is 2. The van der Waals surface area contributed by atoms with Gasteiger partial charge in [0.25, 0.3) is 5.89 Å². The van der Waals surface area contributed by atoms with Gasteiger partial charge in [0.1, 0.15) is 11.6 Å². The number of oxazole rings is 1. The maximum Gasteiger partial charge on any atom is 0.407 e. The Balaban J connectivity index is 1.21. The lowest BCUT2D eigenvalue weighted by molar-refractivity contribution is -0.139. The quantitative estimate of drug-likeness (QED) is 0.0702. The van der Waals surface area contributed by atoms with Crippen LogP contribution in [0.4, 0.5) is 4.79 Å². The molecule has 1 aliphatic heterocycles. The minimum atomic E-state index is -0.951. The summed E-state index contributed by atoms with van der Waals surface area (Å²) in [6, 6.07) is 22.4. The molecular formula is C43H49ClN4O7. The van der Waals surface area contributed by atoms with Crippen LogP contribution in [0.1, 0.15) is 73.2 Å². The van der Waals surface area contributed by atoms with Crippen molar-refractivity contribution in [1.29, 1.82) is 0 Å². The molecule has 1 aromatic heterocycles. The molecule has 2 aliphatic rings. The standard InChI is InChI=1S/C43H49ClN4O7/c44-33-20-17-30(18-21-33)11-8-24-53-34-26-37(38(49)25-32(12-6-7-23-45)40(50)41-46-35-13-4-5-14-39(35)55-41)48(27-34)42(51)36(22-19-29-9-2-1-3-10-29)47-43(52)54-28-31-15-16-31/h1-5,8-11,13-14,17-18,20-21,31-32,34,36-37H,6-7,12,15-16,19,22-28,45H2,(H,47,52)/b11-8+/t32-,34-,36-,37+/m1/s1. The van der Waals surface area contributed by atoms with Crippen molar-refractivity contribution in [3.8, 4) is 0 Å². The smallest absolute Gasteiger partial charge is 0.407 e. The van der Waals surface area contributed by atoms with Crippen LogP contribution in [0.3, 0.4) is 0 Å². The summed E-state index contributed by atoms with van der Waals surface area (Å²) in [4.78, 5) is 61.7. The van der Waals surface area contributed by atoms with Crippen molar-refractivity contribution in [3.05, 3.63) is 107 Å². The highest BCUT2D eigenvalue weighted by atomic mass is 35.5. The normalized spacial score (nSPS) is 18.0. The van der Waals surface area contributed by atoms with Crippen molar-refractivity contribution in [2.75, 3.05) is 26.3 Å². The molecule has 4 aromatic rings. The maximum atomic E-state index is 14.5. The number of ketones is 2. The van der Waals surface area contributed by atoms with E-state index in [1.807, 2.05) is 60.7 Å². The molecule has 290 valence electrons. The van der Waals surface area contributed by atoms with Crippen LogP contribution in [0.25, 0.3) is 17.2 Å². The molecule has 1 saturated heterocycles. The first-order valence-corrected chi connectivity index (χ1v) is 19.6. The second-order valence-electron chi connectivity index (χ2n) is 14.4. The molecule has 4 atom stereocenters. The van der Waals surface area contributed by atoms with E-state index in [-0.39, 0.29) is 43.5 Å².